The number of hydrogen-bond acceptors (Lipinski definition) is 6. The van der Waals surface area contributed by atoms with Crippen molar-refractivity contribution in [3.05, 3.63) is 92.9 Å². The molecule has 1 heterocycles. The average molecular weight is 390 g/mol. The number of para-hydroxylation sites is 3. The van der Waals surface area contributed by atoms with Gasteiger partial charge in [0.2, 0.25) is 5.91 Å². The van der Waals surface area contributed by atoms with E-state index in [0.29, 0.717) is 17.2 Å². The van der Waals surface area contributed by atoms with E-state index in [2.05, 4.69) is 5.32 Å². The minimum Gasteiger partial charge on any atom is -0.455 e. The molecular formula is C20H14N4O5. The highest BCUT2D eigenvalue weighted by atomic mass is 16.6. The fraction of sp³-hybridized carbons (Fsp3) is 0.0500. The van der Waals surface area contributed by atoms with Crippen LogP contribution in [0.2, 0.25) is 0 Å². The van der Waals surface area contributed by atoms with Crippen LogP contribution in [0.4, 0.5) is 11.4 Å². The summed E-state index contributed by atoms with van der Waals surface area (Å²) in [5, 5.41) is 22.6. The summed E-state index contributed by atoms with van der Waals surface area (Å²) in [6.45, 7) is -0.505. The minimum absolute atomic E-state index is 0.361. The van der Waals surface area contributed by atoms with E-state index < -0.39 is 34.2 Å². The Morgan fingerprint density at radius 2 is 1.86 bits per heavy atom. The summed E-state index contributed by atoms with van der Waals surface area (Å²) in [6, 6.07) is 18.1. The van der Waals surface area contributed by atoms with Crippen molar-refractivity contribution in [3.8, 4) is 17.6 Å². The van der Waals surface area contributed by atoms with E-state index in [1.54, 1.807) is 54.6 Å². The van der Waals surface area contributed by atoms with E-state index in [1.807, 2.05) is 6.07 Å². The molecule has 144 valence electrons. The monoisotopic (exact) mass is 390 g/mol. The molecule has 1 N–H and O–H groups in total. The van der Waals surface area contributed by atoms with E-state index in [-0.39, 0.29) is 0 Å². The quantitative estimate of drug-likeness (QED) is 0.509. The summed E-state index contributed by atoms with van der Waals surface area (Å²) in [5.41, 5.74) is -1.30. The molecule has 0 radical (unpaired) electrons. The van der Waals surface area contributed by atoms with Gasteiger partial charge in [0.05, 0.1) is 16.8 Å². The SMILES string of the molecule is N#Cc1cc([N+](=O)[O-])cn(CC(=O)Nc2ccccc2Oc2ccccc2)c1=O. The van der Waals surface area contributed by atoms with Crippen LogP contribution >= 0.6 is 0 Å². The summed E-state index contributed by atoms with van der Waals surface area (Å²) in [6.07, 6.45) is 0.926. The first kappa shape index (κ1) is 19.3. The zero-order valence-corrected chi connectivity index (χ0v) is 14.9. The number of pyridine rings is 1. The summed E-state index contributed by atoms with van der Waals surface area (Å²) >= 11 is 0. The molecule has 0 spiro atoms. The third-order valence-corrected chi connectivity index (χ3v) is 3.85. The number of amides is 1. The number of hydrogen-bond donors (Lipinski definition) is 1. The van der Waals surface area contributed by atoms with Gasteiger partial charge < -0.3 is 10.1 Å². The maximum Gasteiger partial charge on any atom is 0.287 e. The van der Waals surface area contributed by atoms with Crippen molar-refractivity contribution in [3.63, 3.8) is 0 Å². The summed E-state index contributed by atoms with van der Waals surface area (Å²) < 4.78 is 6.58. The Bertz CT molecular complexity index is 1170. The van der Waals surface area contributed by atoms with Crippen molar-refractivity contribution in [2.75, 3.05) is 5.32 Å². The number of nitriles is 1. The molecule has 3 aromatic rings. The van der Waals surface area contributed by atoms with E-state index in [1.165, 1.54) is 0 Å². The molecule has 0 bridgehead atoms. The van der Waals surface area contributed by atoms with Gasteiger partial charge in [0, 0.05) is 6.07 Å². The van der Waals surface area contributed by atoms with Gasteiger partial charge in [-0.3, -0.25) is 24.3 Å². The number of nitro groups is 1. The highest BCUT2D eigenvalue weighted by Crippen LogP contribution is 2.29. The molecule has 9 heteroatoms. The smallest absolute Gasteiger partial charge is 0.287 e. The zero-order valence-electron chi connectivity index (χ0n) is 14.9. The molecule has 9 nitrogen and oxygen atoms in total. The molecule has 0 saturated heterocycles. The molecule has 0 fully saturated rings. The number of nitrogens with one attached hydrogen (secondary N) is 1. The van der Waals surface area contributed by atoms with E-state index in [4.69, 9.17) is 10.00 Å². The Balaban J connectivity index is 1.82. The first-order valence-corrected chi connectivity index (χ1v) is 8.38. The third kappa shape index (κ3) is 4.64. The molecule has 0 saturated carbocycles. The van der Waals surface area contributed by atoms with Crippen LogP contribution in [-0.4, -0.2) is 15.4 Å². The number of aromatic nitrogens is 1. The van der Waals surface area contributed by atoms with Crippen molar-refractivity contribution in [2.45, 2.75) is 6.54 Å². The fourth-order valence-corrected chi connectivity index (χ4v) is 2.54. The predicted molar refractivity (Wildman–Crippen MR) is 104 cm³/mol. The van der Waals surface area contributed by atoms with Crippen LogP contribution in [0.5, 0.6) is 11.5 Å². The summed E-state index contributed by atoms with van der Waals surface area (Å²) in [7, 11) is 0. The maximum atomic E-state index is 12.4. The Morgan fingerprint density at radius 3 is 2.55 bits per heavy atom. The second-order valence-corrected chi connectivity index (χ2v) is 5.87. The molecule has 3 rings (SSSR count). The van der Waals surface area contributed by atoms with Crippen molar-refractivity contribution in [1.29, 1.82) is 5.26 Å². The van der Waals surface area contributed by atoms with Crippen molar-refractivity contribution < 1.29 is 14.5 Å². The first-order valence-electron chi connectivity index (χ1n) is 8.38. The second-order valence-electron chi connectivity index (χ2n) is 5.87. The molecule has 2 aromatic carbocycles. The Morgan fingerprint density at radius 1 is 1.17 bits per heavy atom. The lowest BCUT2D eigenvalue weighted by molar-refractivity contribution is -0.385. The lowest BCUT2D eigenvalue weighted by Gasteiger charge is -2.13. The predicted octanol–water partition coefficient (Wildman–Crippen LogP) is 3.06. The summed E-state index contributed by atoms with van der Waals surface area (Å²) in [4.78, 5) is 34.9. The molecule has 1 aromatic heterocycles. The van der Waals surface area contributed by atoms with Crippen molar-refractivity contribution in [1.82, 2.24) is 4.57 Å². The van der Waals surface area contributed by atoms with Gasteiger partial charge in [-0.15, -0.1) is 0 Å². The van der Waals surface area contributed by atoms with Gasteiger partial charge in [-0.1, -0.05) is 30.3 Å². The molecule has 0 aliphatic rings. The van der Waals surface area contributed by atoms with Crippen molar-refractivity contribution >= 4 is 17.3 Å². The number of benzene rings is 2. The van der Waals surface area contributed by atoms with Crippen LogP contribution < -0.4 is 15.6 Å². The molecule has 0 atom stereocenters. The van der Waals surface area contributed by atoms with E-state index >= 15 is 0 Å². The summed E-state index contributed by atoms with van der Waals surface area (Å²) in [5.74, 6) is 0.347. The number of carbonyl (C=O) groups is 1. The Hall–Kier alpha value is -4.45. The highest BCUT2D eigenvalue weighted by molar-refractivity contribution is 5.92. The van der Waals surface area contributed by atoms with E-state index in [0.717, 1.165) is 16.8 Å². The molecular weight excluding hydrogens is 376 g/mol. The van der Waals surface area contributed by atoms with Gasteiger partial charge in [-0.05, 0) is 24.3 Å². The van der Waals surface area contributed by atoms with Gasteiger partial charge in [-0.25, -0.2) is 0 Å². The lowest BCUT2D eigenvalue weighted by atomic mass is 10.2. The van der Waals surface area contributed by atoms with Gasteiger partial charge in [0.1, 0.15) is 23.9 Å². The zero-order chi connectivity index (χ0) is 20.8. The minimum atomic E-state index is -0.790. The lowest BCUT2D eigenvalue weighted by Crippen LogP contribution is -2.29. The molecule has 1 amide bonds. The highest BCUT2D eigenvalue weighted by Gasteiger charge is 2.16. The van der Waals surface area contributed by atoms with Crippen LogP contribution in [0.25, 0.3) is 0 Å². The number of carbonyl (C=O) groups excluding carboxylic acids is 1. The van der Waals surface area contributed by atoms with Crippen LogP contribution in [0.15, 0.2) is 71.7 Å². The topological polar surface area (TPSA) is 127 Å². The molecule has 0 unspecified atom stereocenters. The Labute approximate surface area is 164 Å². The average Bonchev–Trinajstić information content (AvgIpc) is 2.71. The number of anilines is 1. The van der Waals surface area contributed by atoms with Gasteiger partial charge in [-0.2, -0.15) is 5.26 Å². The molecule has 29 heavy (non-hydrogen) atoms. The first-order chi connectivity index (χ1) is 14.0. The standard InChI is InChI=1S/C20H14N4O5/c21-11-14-10-15(24(27)28)12-23(20(14)26)13-19(25)22-17-8-4-5-9-18(17)29-16-6-2-1-3-7-16/h1-10,12H,13H2,(H,22,25). The van der Waals surface area contributed by atoms with Crippen LogP contribution in [0, 0.1) is 21.4 Å². The number of rotatable bonds is 6. The van der Waals surface area contributed by atoms with Crippen LogP contribution in [-0.2, 0) is 11.3 Å². The van der Waals surface area contributed by atoms with Crippen LogP contribution in [0.1, 0.15) is 5.56 Å². The number of nitrogens with zero attached hydrogens (tertiary/aromatic N) is 3. The van der Waals surface area contributed by atoms with E-state index in [9.17, 15) is 19.7 Å². The Kier molecular flexibility index (Phi) is 5.66. The van der Waals surface area contributed by atoms with Crippen LogP contribution in [0.3, 0.4) is 0 Å². The second kappa shape index (κ2) is 8.49. The van der Waals surface area contributed by atoms with Gasteiger partial charge in [0.25, 0.3) is 11.2 Å². The van der Waals surface area contributed by atoms with Gasteiger partial charge >= 0.3 is 0 Å². The fourth-order valence-electron chi connectivity index (χ4n) is 2.54. The maximum absolute atomic E-state index is 12.4. The molecule has 0 aliphatic carbocycles. The largest absolute Gasteiger partial charge is 0.455 e. The number of ether oxygens (including phenoxy) is 1. The normalized spacial score (nSPS) is 10.0. The third-order valence-electron chi connectivity index (χ3n) is 3.85. The van der Waals surface area contributed by atoms with Gasteiger partial charge in [0.15, 0.2) is 5.75 Å². The molecule has 0 aliphatic heterocycles. The van der Waals surface area contributed by atoms with Crippen molar-refractivity contribution in [2.24, 2.45) is 0 Å².